The van der Waals surface area contributed by atoms with Crippen LogP contribution in [-0.4, -0.2) is 88.7 Å². The number of likely N-dealkylation sites (tertiary alicyclic amines) is 1. The van der Waals surface area contributed by atoms with Crippen molar-refractivity contribution in [2.45, 2.75) is 59.1 Å². The number of rotatable bonds is 8. The van der Waals surface area contributed by atoms with E-state index in [0.717, 1.165) is 4.90 Å². The Kier molecular flexibility index (Phi) is 8.67. The summed E-state index contributed by atoms with van der Waals surface area (Å²) < 4.78 is 5.65. The molecule has 2 aliphatic rings. The smallest absolute Gasteiger partial charge is 0.410 e. The molecule has 2 fully saturated rings. The van der Waals surface area contributed by atoms with Gasteiger partial charge in [-0.2, -0.15) is 0 Å². The number of piperazine rings is 1. The van der Waals surface area contributed by atoms with Crippen LogP contribution in [0.3, 0.4) is 0 Å². The fraction of sp³-hybridized carbons (Fsp3) is 0.810. The van der Waals surface area contributed by atoms with Crippen molar-refractivity contribution in [1.29, 1.82) is 0 Å². The van der Waals surface area contributed by atoms with Crippen molar-refractivity contribution in [3.05, 3.63) is 0 Å². The minimum absolute atomic E-state index is 0.190. The van der Waals surface area contributed by atoms with Crippen molar-refractivity contribution in [3.8, 4) is 0 Å². The summed E-state index contributed by atoms with van der Waals surface area (Å²) in [7, 11) is 0. The minimum atomic E-state index is -1.18. The molecule has 0 aromatic heterocycles. The largest absolute Gasteiger partial charge is 0.480 e. The molecule has 0 bridgehead atoms. The van der Waals surface area contributed by atoms with Gasteiger partial charge in [0, 0.05) is 26.2 Å². The van der Waals surface area contributed by atoms with Crippen LogP contribution in [-0.2, 0) is 14.3 Å². The van der Waals surface area contributed by atoms with Crippen LogP contribution in [0.15, 0.2) is 0 Å². The third kappa shape index (κ3) is 5.66. The van der Waals surface area contributed by atoms with Crippen molar-refractivity contribution in [1.82, 2.24) is 14.7 Å². The number of nitrogens with zero attached hydrogens (tertiary/aromatic N) is 3. The molecule has 0 unspecified atom stereocenters. The maximum Gasteiger partial charge on any atom is 0.410 e. The summed E-state index contributed by atoms with van der Waals surface area (Å²) in [4.78, 5) is 53.3. The van der Waals surface area contributed by atoms with Gasteiger partial charge in [0.15, 0.2) is 6.04 Å². The van der Waals surface area contributed by atoms with E-state index < -0.39 is 36.0 Å². The average molecular weight is 441 g/mol. The number of hydrogen-bond acceptors (Lipinski definition) is 6. The fourth-order valence-corrected chi connectivity index (χ4v) is 4.30. The first-order valence-electron chi connectivity index (χ1n) is 11.1. The lowest BCUT2D eigenvalue weighted by atomic mass is 9.83. The summed E-state index contributed by atoms with van der Waals surface area (Å²) in [6.45, 7) is 9.46. The summed E-state index contributed by atoms with van der Waals surface area (Å²) in [6, 6.07) is -1.75. The molecule has 0 aliphatic carbocycles. The van der Waals surface area contributed by atoms with Crippen LogP contribution in [0.5, 0.6) is 0 Å². The average Bonchev–Trinajstić information content (AvgIpc) is 2.71. The zero-order valence-electron chi connectivity index (χ0n) is 19.0. The first kappa shape index (κ1) is 24.9. The van der Waals surface area contributed by atoms with Gasteiger partial charge in [0.25, 0.3) is 0 Å². The highest BCUT2D eigenvalue weighted by atomic mass is 16.6. The van der Waals surface area contributed by atoms with Gasteiger partial charge in [0.2, 0.25) is 5.91 Å². The fourth-order valence-electron chi connectivity index (χ4n) is 4.30. The van der Waals surface area contributed by atoms with Crippen LogP contribution in [0.4, 0.5) is 9.59 Å². The molecule has 10 heteroatoms. The van der Waals surface area contributed by atoms with Crippen molar-refractivity contribution in [3.63, 3.8) is 0 Å². The number of carboxylic acid groups (broad SMARTS) is 1. The number of β-lactam (4-membered cyclic amide) rings is 1. The molecule has 2 atom stereocenters. The van der Waals surface area contributed by atoms with E-state index in [4.69, 9.17) is 10.5 Å². The van der Waals surface area contributed by atoms with Gasteiger partial charge in [-0.05, 0) is 31.2 Å². The number of carbonyl (C=O) groups excluding carboxylic acids is 3. The third-order valence-electron chi connectivity index (χ3n) is 6.00. The lowest BCUT2D eigenvalue weighted by Crippen LogP contribution is -2.69. The Balaban J connectivity index is 1.92. The van der Waals surface area contributed by atoms with Crippen molar-refractivity contribution >= 4 is 24.0 Å². The van der Waals surface area contributed by atoms with Gasteiger partial charge < -0.3 is 25.4 Å². The molecule has 2 aliphatic heterocycles. The molecule has 2 heterocycles. The number of unbranched alkanes of at least 4 members (excludes halogenated alkanes) is 1. The van der Waals surface area contributed by atoms with E-state index in [0.29, 0.717) is 25.8 Å². The van der Waals surface area contributed by atoms with Crippen molar-refractivity contribution in [2.75, 3.05) is 32.7 Å². The molecule has 4 amide bonds. The highest BCUT2D eigenvalue weighted by molar-refractivity contribution is 6.07. The predicted octanol–water partition coefficient (Wildman–Crippen LogP) is 1.58. The lowest BCUT2D eigenvalue weighted by Gasteiger charge is -2.46. The summed E-state index contributed by atoms with van der Waals surface area (Å²) in [6.07, 6.45) is 1.15. The first-order valence-corrected chi connectivity index (χ1v) is 11.1. The maximum atomic E-state index is 12.8. The predicted molar refractivity (Wildman–Crippen MR) is 113 cm³/mol. The Morgan fingerprint density at radius 2 is 1.58 bits per heavy atom. The van der Waals surface area contributed by atoms with Gasteiger partial charge in [0.05, 0.1) is 5.92 Å². The first-order chi connectivity index (χ1) is 14.6. The van der Waals surface area contributed by atoms with Crippen molar-refractivity contribution < 1.29 is 29.0 Å². The van der Waals surface area contributed by atoms with Crippen LogP contribution in [0, 0.1) is 17.8 Å². The van der Waals surface area contributed by atoms with E-state index in [1.807, 2.05) is 27.7 Å². The molecule has 2 saturated heterocycles. The summed E-state index contributed by atoms with van der Waals surface area (Å²) in [5.41, 5.74) is 5.46. The number of amides is 4. The molecule has 0 aromatic carbocycles. The summed E-state index contributed by atoms with van der Waals surface area (Å²) >= 11 is 0. The molecule has 0 radical (unpaired) electrons. The van der Waals surface area contributed by atoms with Gasteiger partial charge in [-0.25, -0.2) is 19.3 Å². The normalized spacial score (nSPS) is 21.7. The molecule has 176 valence electrons. The highest BCUT2D eigenvalue weighted by Crippen LogP contribution is 2.32. The van der Waals surface area contributed by atoms with Crippen LogP contribution >= 0.6 is 0 Å². The van der Waals surface area contributed by atoms with Crippen LogP contribution < -0.4 is 5.73 Å². The molecule has 10 nitrogen and oxygen atoms in total. The zero-order chi connectivity index (χ0) is 23.3. The number of aliphatic carboxylic acids is 1. The second kappa shape index (κ2) is 10.8. The molecule has 0 spiro atoms. The van der Waals surface area contributed by atoms with E-state index in [1.165, 1.54) is 4.90 Å². The highest BCUT2D eigenvalue weighted by Gasteiger charge is 2.55. The van der Waals surface area contributed by atoms with Gasteiger partial charge >= 0.3 is 18.1 Å². The number of imide groups is 1. The van der Waals surface area contributed by atoms with Gasteiger partial charge in [-0.3, -0.25) is 4.79 Å². The third-order valence-corrected chi connectivity index (χ3v) is 6.00. The molecular formula is C21H36N4O6. The van der Waals surface area contributed by atoms with Gasteiger partial charge in [0.1, 0.15) is 6.10 Å². The topological polar surface area (TPSA) is 133 Å². The van der Waals surface area contributed by atoms with E-state index in [1.54, 1.807) is 4.90 Å². The van der Waals surface area contributed by atoms with Crippen molar-refractivity contribution in [2.24, 2.45) is 23.5 Å². The number of urea groups is 1. The molecule has 31 heavy (non-hydrogen) atoms. The Labute approximate surface area is 183 Å². The number of carbonyl (C=O) groups is 4. The molecule has 2 rings (SSSR count). The number of ether oxygens (including phenoxy) is 1. The second-order valence-corrected chi connectivity index (χ2v) is 8.98. The monoisotopic (exact) mass is 440 g/mol. The summed E-state index contributed by atoms with van der Waals surface area (Å²) in [5, 5.41) is 9.53. The van der Waals surface area contributed by atoms with E-state index in [9.17, 15) is 24.3 Å². The van der Waals surface area contributed by atoms with E-state index in [-0.39, 0.29) is 44.1 Å². The van der Waals surface area contributed by atoms with Crippen LogP contribution in [0.1, 0.15) is 47.0 Å². The van der Waals surface area contributed by atoms with E-state index >= 15 is 0 Å². The molecule has 0 saturated carbocycles. The minimum Gasteiger partial charge on any atom is -0.480 e. The number of carboxylic acids is 1. The molecule has 0 aromatic rings. The van der Waals surface area contributed by atoms with Gasteiger partial charge in [-0.1, -0.05) is 34.1 Å². The SMILES string of the molecule is CC(C)C(OC(=O)N1CCN(C(=O)N2C(=O)[C@H](CCCCN)[C@H]2C(=O)O)CC1)C(C)C. The number of nitrogens with two attached hydrogens (primary N) is 1. The number of hydrogen-bond donors (Lipinski definition) is 2. The van der Waals surface area contributed by atoms with E-state index in [2.05, 4.69) is 0 Å². The Morgan fingerprint density at radius 3 is 2.06 bits per heavy atom. The Hall–Kier alpha value is -2.36. The molecule has 3 N–H and O–H groups in total. The molecular weight excluding hydrogens is 404 g/mol. The van der Waals surface area contributed by atoms with Crippen LogP contribution in [0.2, 0.25) is 0 Å². The Morgan fingerprint density at radius 1 is 1.03 bits per heavy atom. The van der Waals surface area contributed by atoms with Crippen LogP contribution in [0.25, 0.3) is 0 Å². The standard InChI is InChI=1S/C21H36N4O6/c1-13(2)17(14(3)4)31-21(30)24-11-9-23(10-12-24)20(29)25-16(19(27)28)15(18(25)26)7-5-6-8-22/h13-17H,5-12,22H2,1-4H3,(H,27,28)/t15-,16+/m1/s1. The zero-order valence-corrected chi connectivity index (χ0v) is 19.0. The Bertz CT molecular complexity index is 667. The summed E-state index contributed by atoms with van der Waals surface area (Å²) in [5.74, 6) is -1.94. The maximum absolute atomic E-state index is 12.8. The second-order valence-electron chi connectivity index (χ2n) is 8.98. The quantitative estimate of drug-likeness (QED) is 0.432. The van der Waals surface area contributed by atoms with Gasteiger partial charge in [-0.15, -0.1) is 0 Å². The lowest BCUT2D eigenvalue weighted by molar-refractivity contribution is -0.167.